The number of hydrogen-bond acceptors (Lipinski definition) is 5. The average molecular weight is 510 g/mol. The second-order valence-electron chi connectivity index (χ2n) is 8.94. The summed E-state index contributed by atoms with van der Waals surface area (Å²) in [5.41, 5.74) is 0.382. The molecule has 1 saturated heterocycles. The van der Waals surface area contributed by atoms with Crippen molar-refractivity contribution in [3.8, 4) is 0 Å². The van der Waals surface area contributed by atoms with Crippen LogP contribution < -0.4 is 10.6 Å². The highest BCUT2D eigenvalue weighted by atomic mass is 19.4. The number of rotatable bonds is 7. The summed E-state index contributed by atoms with van der Waals surface area (Å²) in [6.45, 7) is 2.54. The third kappa shape index (κ3) is 6.38. The van der Waals surface area contributed by atoms with Gasteiger partial charge in [0.05, 0.1) is 18.2 Å². The maximum atomic E-state index is 14.5. The second kappa shape index (κ2) is 10.6. The van der Waals surface area contributed by atoms with E-state index in [1.165, 1.54) is 6.20 Å². The first kappa shape index (κ1) is 27.1. The Balaban J connectivity index is 1.84. The Bertz CT molecular complexity index is 1130. The van der Waals surface area contributed by atoms with Gasteiger partial charge < -0.3 is 15.5 Å². The fraction of sp³-hybridized carbons (Fsp3) is 0.400. The lowest BCUT2D eigenvalue weighted by molar-refractivity contribution is -0.145. The first-order chi connectivity index (χ1) is 16.8. The molecule has 1 amide bonds. The van der Waals surface area contributed by atoms with Gasteiger partial charge in [0.2, 0.25) is 0 Å². The highest BCUT2D eigenvalue weighted by molar-refractivity contribution is 6.54. The molecule has 3 N–H and O–H groups in total. The van der Waals surface area contributed by atoms with E-state index < -0.39 is 54.2 Å². The Morgan fingerprint density at radius 1 is 1.28 bits per heavy atom. The summed E-state index contributed by atoms with van der Waals surface area (Å²) in [6.07, 6.45) is -2.85. The number of aromatic nitrogens is 1. The molecule has 1 aliphatic rings. The summed E-state index contributed by atoms with van der Waals surface area (Å²) in [7, 11) is 1.61. The minimum Gasteiger partial charge on any atom is -0.393 e. The van der Waals surface area contributed by atoms with Gasteiger partial charge in [0.25, 0.3) is 11.8 Å². The Morgan fingerprint density at radius 2 is 2.00 bits per heavy atom. The van der Waals surface area contributed by atoms with Gasteiger partial charge >= 0.3 is 6.18 Å². The normalized spacial score (nSPS) is 20.1. The molecule has 2 heterocycles. The highest BCUT2D eigenvalue weighted by Crippen LogP contribution is 2.35. The first-order valence-corrected chi connectivity index (χ1v) is 11.3. The van der Waals surface area contributed by atoms with E-state index in [4.69, 9.17) is 5.41 Å². The van der Waals surface area contributed by atoms with Gasteiger partial charge in [-0.1, -0.05) is 36.8 Å². The van der Waals surface area contributed by atoms with E-state index in [9.17, 15) is 26.7 Å². The monoisotopic (exact) mass is 509 g/mol. The van der Waals surface area contributed by atoms with Gasteiger partial charge in [0.1, 0.15) is 11.5 Å². The number of anilines is 1. The standard InChI is InChI=1S/C25H28F5N5O/c1-15-5-4-6-17(9-15)19(12-32-3)22(31)23(36)35-14-24(26,27)10-16(2)20(35)13-34-21-8-7-18(11-33-21)25(28,29)30/h4-9,11-12,16,20,31-32H,10,13-14H2,1-3H3,(H,33,34)/b19-12-,31-22?/t16?,20-/m1/s1. The van der Waals surface area contributed by atoms with Crippen molar-refractivity contribution < 1.29 is 26.7 Å². The van der Waals surface area contributed by atoms with E-state index >= 15 is 0 Å². The molecule has 0 aliphatic carbocycles. The third-order valence-corrected chi connectivity index (χ3v) is 6.02. The number of benzene rings is 1. The minimum absolute atomic E-state index is 0.0237. The molecule has 2 aromatic rings. The van der Waals surface area contributed by atoms with Crippen molar-refractivity contribution in [1.82, 2.24) is 15.2 Å². The van der Waals surface area contributed by atoms with E-state index in [1.807, 2.05) is 13.0 Å². The van der Waals surface area contributed by atoms with Crippen LogP contribution in [0.1, 0.15) is 30.0 Å². The molecule has 194 valence electrons. The fourth-order valence-electron chi connectivity index (χ4n) is 4.27. The van der Waals surface area contributed by atoms with Gasteiger partial charge in [-0.05, 0) is 30.5 Å². The predicted octanol–water partition coefficient (Wildman–Crippen LogP) is 4.97. The molecule has 1 unspecified atom stereocenters. The largest absolute Gasteiger partial charge is 0.417 e. The van der Waals surface area contributed by atoms with E-state index in [2.05, 4.69) is 15.6 Å². The van der Waals surface area contributed by atoms with Crippen LogP contribution >= 0.6 is 0 Å². The number of hydrogen-bond donors (Lipinski definition) is 3. The molecule has 11 heteroatoms. The molecule has 0 saturated carbocycles. The van der Waals surface area contributed by atoms with Crippen molar-refractivity contribution in [3.63, 3.8) is 0 Å². The summed E-state index contributed by atoms with van der Waals surface area (Å²) in [5, 5.41) is 14.2. The smallest absolute Gasteiger partial charge is 0.393 e. The number of carbonyl (C=O) groups is 1. The molecular weight excluding hydrogens is 481 g/mol. The Hall–Kier alpha value is -3.50. The number of amides is 1. The summed E-state index contributed by atoms with van der Waals surface area (Å²) < 4.78 is 67.4. The van der Waals surface area contributed by atoms with E-state index in [0.717, 1.165) is 22.6 Å². The van der Waals surface area contributed by atoms with Crippen molar-refractivity contribution in [1.29, 1.82) is 5.41 Å². The Morgan fingerprint density at radius 3 is 2.58 bits per heavy atom. The minimum atomic E-state index is -4.53. The zero-order valence-electron chi connectivity index (χ0n) is 20.1. The molecular formula is C25H28F5N5O. The van der Waals surface area contributed by atoms with Crippen molar-refractivity contribution in [2.45, 2.75) is 38.4 Å². The number of carbonyl (C=O) groups excluding carboxylic acids is 1. The molecule has 6 nitrogen and oxygen atoms in total. The quantitative estimate of drug-likeness (QED) is 0.364. The lowest BCUT2D eigenvalue weighted by Crippen LogP contribution is -2.58. The van der Waals surface area contributed by atoms with Gasteiger partial charge in [-0.25, -0.2) is 13.8 Å². The molecule has 1 aromatic heterocycles. The number of pyridine rings is 1. The third-order valence-electron chi connectivity index (χ3n) is 6.02. The molecule has 0 spiro atoms. The van der Waals surface area contributed by atoms with Crippen LogP contribution in [0.4, 0.5) is 27.8 Å². The van der Waals surface area contributed by atoms with E-state index in [-0.39, 0.29) is 17.9 Å². The molecule has 36 heavy (non-hydrogen) atoms. The topological polar surface area (TPSA) is 81.1 Å². The van der Waals surface area contributed by atoms with Crippen molar-refractivity contribution >= 4 is 23.0 Å². The summed E-state index contributed by atoms with van der Waals surface area (Å²) in [6, 6.07) is 8.40. The van der Waals surface area contributed by atoms with Crippen molar-refractivity contribution in [3.05, 3.63) is 65.5 Å². The van der Waals surface area contributed by atoms with E-state index in [0.29, 0.717) is 11.8 Å². The van der Waals surface area contributed by atoms with Gasteiger partial charge in [-0.3, -0.25) is 10.2 Å². The maximum Gasteiger partial charge on any atom is 0.417 e. The fourth-order valence-corrected chi connectivity index (χ4v) is 4.27. The van der Waals surface area contributed by atoms with Gasteiger partial charge in [-0.2, -0.15) is 13.2 Å². The van der Waals surface area contributed by atoms with Crippen LogP contribution in [0, 0.1) is 18.3 Å². The zero-order chi connectivity index (χ0) is 26.7. The number of nitrogens with one attached hydrogen (secondary N) is 3. The van der Waals surface area contributed by atoms with Crippen LogP contribution in [0.25, 0.3) is 5.57 Å². The molecule has 3 rings (SSSR count). The zero-order valence-corrected chi connectivity index (χ0v) is 20.1. The van der Waals surface area contributed by atoms with Crippen LogP contribution in [0.3, 0.4) is 0 Å². The van der Waals surface area contributed by atoms with Crippen LogP contribution in [-0.2, 0) is 11.0 Å². The summed E-state index contributed by atoms with van der Waals surface area (Å²) in [5.74, 6) is -4.54. The summed E-state index contributed by atoms with van der Waals surface area (Å²) >= 11 is 0. The summed E-state index contributed by atoms with van der Waals surface area (Å²) in [4.78, 5) is 18.1. The predicted molar refractivity (Wildman–Crippen MR) is 128 cm³/mol. The molecule has 2 atom stereocenters. The number of halogens is 5. The molecule has 1 fully saturated rings. The maximum absolute atomic E-state index is 14.5. The SMILES string of the molecule is CN/C=C(\C(=N)C(=O)N1CC(F)(F)CC(C)[C@H]1CNc1ccc(C(F)(F)F)cn1)c1cccc(C)c1. The second-order valence-corrected chi connectivity index (χ2v) is 8.94. The number of nitrogens with zero attached hydrogens (tertiary/aromatic N) is 2. The number of alkyl halides is 5. The Labute approximate surface area is 206 Å². The van der Waals surface area contributed by atoms with Crippen LogP contribution in [-0.4, -0.2) is 53.6 Å². The Kier molecular flexibility index (Phi) is 8.00. The van der Waals surface area contributed by atoms with Gasteiger partial charge in [0, 0.05) is 38.0 Å². The van der Waals surface area contributed by atoms with Crippen molar-refractivity contribution in [2.24, 2.45) is 5.92 Å². The van der Waals surface area contributed by atoms with E-state index in [1.54, 1.807) is 32.2 Å². The van der Waals surface area contributed by atoms with Crippen molar-refractivity contribution in [2.75, 3.05) is 25.5 Å². The molecule has 0 bridgehead atoms. The van der Waals surface area contributed by atoms with Crippen LogP contribution in [0.15, 0.2) is 48.8 Å². The molecule has 1 aromatic carbocycles. The lowest BCUT2D eigenvalue weighted by Gasteiger charge is -2.43. The average Bonchev–Trinajstić information content (AvgIpc) is 2.80. The van der Waals surface area contributed by atoms with Gasteiger partial charge in [-0.15, -0.1) is 0 Å². The van der Waals surface area contributed by atoms with Crippen LogP contribution in [0.5, 0.6) is 0 Å². The lowest BCUT2D eigenvalue weighted by atomic mass is 9.87. The first-order valence-electron chi connectivity index (χ1n) is 11.3. The van der Waals surface area contributed by atoms with Gasteiger partial charge in [0.15, 0.2) is 0 Å². The number of likely N-dealkylation sites (tertiary alicyclic amines) is 1. The molecule has 1 aliphatic heterocycles. The molecule has 0 radical (unpaired) electrons. The number of aryl methyl sites for hydroxylation is 1. The number of piperidine rings is 1. The van der Waals surface area contributed by atoms with Crippen LogP contribution in [0.2, 0.25) is 0 Å². The highest BCUT2D eigenvalue weighted by Gasteiger charge is 2.46.